The van der Waals surface area contributed by atoms with Gasteiger partial charge in [-0.05, 0) is 31.7 Å². The molecule has 0 spiro atoms. The Labute approximate surface area is 136 Å². The van der Waals surface area contributed by atoms with Crippen molar-refractivity contribution in [2.45, 2.75) is 63.3 Å². The summed E-state index contributed by atoms with van der Waals surface area (Å²) in [7, 11) is 0. The minimum Gasteiger partial charge on any atom is -0.489 e. The highest BCUT2D eigenvalue weighted by Crippen LogP contribution is 2.58. The lowest BCUT2D eigenvalue weighted by Crippen LogP contribution is -2.47. The Hall–Kier alpha value is -1.58. The second-order valence-corrected chi connectivity index (χ2v) is 7.28. The summed E-state index contributed by atoms with van der Waals surface area (Å²) >= 11 is 0. The molecule has 124 valence electrons. The normalized spacial score (nSPS) is 31.5. The van der Waals surface area contributed by atoms with E-state index in [0.717, 1.165) is 37.0 Å². The monoisotopic (exact) mass is 317 g/mol. The largest absolute Gasteiger partial charge is 0.489 e. The van der Waals surface area contributed by atoms with Crippen LogP contribution < -0.4 is 10.1 Å². The predicted octanol–water partition coefficient (Wildman–Crippen LogP) is 3.58. The van der Waals surface area contributed by atoms with Gasteiger partial charge in [0.05, 0.1) is 12.0 Å². The summed E-state index contributed by atoms with van der Waals surface area (Å²) in [6, 6.07) is 7.56. The van der Waals surface area contributed by atoms with Crippen molar-refractivity contribution < 1.29 is 13.9 Å². The lowest BCUT2D eigenvalue weighted by Gasteiger charge is -2.32. The number of carbonyl (C=O) groups excluding carboxylic acids is 1. The third-order valence-corrected chi connectivity index (χ3v) is 5.76. The molecule has 1 aliphatic heterocycles. The van der Waals surface area contributed by atoms with E-state index in [2.05, 4.69) is 5.32 Å². The third kappa shape index (κ3) is 2.62. The molecular weight excluding hydrogens is 293 g/mol. The molecule has 2 saturated carbocycles. The van der Waals surface area contributed by atoms with Crippen molar-refractivity contribution in [2.75, 3.05) is 0 Å². The molecule has 23 heavy (non-hydrogen) atoms. The Morgan fingerprint density at radius 2 is 2.00 bits per heavy atom. The van der Waals surface area contributed by atoms with Crippen LogP contribution >= 0.6 is 0 Å². The predicted molar refractivity (Wildman–Crippen MR) is 86.2 cm³/mol. The number of carbonyl (C=O) groups is 1. The summed E-state index contributed by atoms with van der Waals surface area (Å²) in [6.07, 6.45) is 4.52. The van der Waals surface area contributed by atoms with Crippen molar-refractivity contribution in [2.24, 2.45) is 11.8 Å². The van der Waals surface area contributed by atoms with E-state index in [-0.39, 0.29) is 35.8 Å². The fourth-order valence-corrected chi connectivity index (χ4v) is 4.48. The molecule has 1 aromatic carbocycles. The average Bonchev–Trinajstić information content (AvgIpc) is 3.15. The van der Waals surface area contributed by atoms with E-state index in [9.17, 15) is 9.18 Å². The molecule has 1 aromatic rings. The van der Waals surface area contributed by atoms with E-state index in [4.69, 9.17) is 4.74 Å². The Balaban J connectivity index is 1.42. The summed E-state index contributed by atoms with van der Waals surface area (Å²) in [5, 5.41) is 3.01. The maximum Gasteiger partial charge on any atom is 0.227 e. The zero-order valence-corrected chi connectivity index (χ0v) is 13.5. The minimum absolute atomic E-state index is 0.0328. The van der Waals surface area contributed by atoms with E-state index in [1.807, 2.05) is 24.3 Å². The Kier molecular flexibility index (Phi) is 3.78. The number of rotatable bonds is 4. The highest BCUT2D eigenvalue weighted by atomic mass is 19.1. The van der Waals surface area contributed by atoms with Crippen molar-refractivity contribution in [1.82, 2.24) is 5.32 Å². The van der Waals surface area contributed by atoms with Gasteiger partial charge in [0, 0.05) is 11.5 Å². The van der Waals surface area contributed by atoms with Crippen LogP contribution in [0.2, 0.25) is 0 Å². The van der Waals surface area contributed by atoms with Crippen LogP contribution in [-0.4, -0.2) is 24.2 Å². The molecule has 2 aliphatic carbocycles. The molecule has 0 aromatic heterocycles. The van der Waals surface area contributed by atoms with E-state index in [1.165, 1.54) is 6.42 Å². The van der Waals surface area contributed by atoms with E-state index < -0.39 is 6.17 Å². The Morgan fingerprint density at radius 1 is 1.26 bits per heavy atom. The number of para-hydroxylation sites is 1. The molecule has 3 aliphatic rings. The molecule has 0 saturated heterocycles. The van der Waals surface area contributed by atoms with Crippen molar-refractivity contribution in [3.8, 4) is 5.75 Å². The molecule has 0 bridgehead atoms. The lowest BCUT2D eigenvalue weighted by atomic mass is 9.82. The fraction of sp³-hybridized carbons (Fsp3) is 0.632. The highest BCUT2D eigenvalue weighted by molar-refractivity contribution is 5.85. The van der Waals surface area contributed by atoms with Gasteiger partial charge in [-0.15, -0.1) is 0 Å². The number of amides is 1. The van der Waals surface area contributed by atoms with Crippen LogP contribution in [0, 0.1) is 11.8 Å². The first-order valence-electron chi connectivity index (χ1n) is 8.87. The van der Waals surface area contributed by atoms with Crippen LogP contribution in [0.1, 0.15) is 50.5 Å². The van der Waals surface area contributed by atoms with Gasteiger partial charge in [0.1, 0.15) is 18.0 Å². The van der Waals surface area contributed by atoms with E-state index in [1.54, 1.807) is 6.92 Å². The SMILES string of the molecule is CC(F)C(NC(=O)C1C2Oc3ccccc3C21)C1CCCCC1. The quantitative estimate of drug-likeness (QED) is 0.922. The first-order valence-corrected chi connectivity index (χ1v) is 8.87. The summed E-state index contributed by atoms with van der Waals surface area (Å²) in [5.74, 6) is 1.16. The van der Waals surface area contributed by atoms with Gasteiger partial charge in [0.15, 0.2) is 0 Å². The molecule has 5 atom stereocenters. The van der Waals surface area contributed by atoms with Gasteiger partial charge < -0.3 is 10.1 Å². The molecule has 2 fully saturated rings. The molecule has 1 N–H and O–H groups in total. The lowest BCUT2D eigenvalue weighted by molar-refractivity contribution is -0.124. The van der Waals surface area contributed by atoms with Crippen LogP contribution in [0.5, 0.6) is 5.75 Å². The second kappa shape index (κ2) is 5.81. The number of nitrogens with one attached hydrogen (secondary N) is 1. The average molecular weight is 317 g/mol. The van der Waals surface area contributed by atoms with Crippen LogP contribution in [0.25, 0.3) is 0 Å². The van der Waals surface area contributed by atoms with Crippen molar-refractivity contribution in [3.63, 3.8) is 0 Å². The number of ether oxygens (including phenoxy) is 1. The van der Waals surface area contributed by atoms with Gasteiger partial charge >= 0.3 is 0 Å². The number of halogens is 1. The maximum atomic E-state index is 14.1. The van der Waals surface area contributed by atoms with Crippen LogP contribution in [0.3, 0.4) is 0 Å². The molecule has 0 radical (unpaired) electrons. The summed E-state index contributed by atoms with van der Waals surface area (Å²) in [5.41, 5.74) is 1.13. The zero-order chi connectivity index (χ0) is 16.0. The van der Waals surface area contributed by atoms with Crippen molar-refractivity contribution in [1.29, 1.82) is 0 Å². The maximum absolute atomic E-state index is 14.1. The second-order valence-electron chi connectivity index (χ2n) is 7.28. The minimum atomic E-state index is -1.01. The molecule has 4 heteroatoms. The molecular formula is C19H24FNO2. The highest BCUT2D eigenvalue weighted by Gasteiger charge is 2.62. The zero-order valence-electron chi connectivity index (χ0n) is 13.5. The summed E-state index contributed by atoms with van der Waals surface area (Å²) in [6.45, 7) is 1.57. The smallest absolute Gasteiger partial charge is 0.227 e. The molecule has 1 amide bonds. The van der Waals surface area contributed by atoms with Gasteiger partial charge in [0.25, 0.3) is 0 Å². The van der Waals surface area contributed by atoms with Gasteiger partial charge in [-0.2, -0.15) is 0 Å². The van der Waals surface area contributed by atoms with Gasteiger partial charge in [-0.25, -0.2) is 4.39 Å². The topological polar surface area (TPSA) is 38.3 Å². The third-order valence-electron chi connectivity index (χ3n) is 5.76. The van der Waals surface area contributed by atoms with Crippen molar-refractivity contribution >= 4 is 5.91 Å². The van der Waals surface area contributed by atoms with E-state index in [0.29, 0.717) is 0 Å². The number of hydrogen-bond donors (Lipinski definition) is 1. The van der Waals surface area contributed by atoms with Crippen LogP contribution in [0.15, 0.2) is 24.3 Å². The molecule has 4 rings (SSSR count). The van der Waals surface area contributed by atoms with Gasteiger partial charge in [-0.1, -0.05) is 37.5 Å². The number of benzene rings is 1. The molecule has 5 unspecified atom stereocenters. The Morgan fingerprint density at radius 3 is 2.74 bits per heavy atom. The van der Waals surface area contributed by atoms with E-state index >= 15 is 0 Å². The molecule has 3 nitrogen and oxygen atoms in total. The number of alkyl halides is 1. The van der Waals surface area contributed by atoms with Crippen LogP contribution in [-0.2, 0) is 4.79 Å². The molecule has 1 heterocycles. The summed E-state index contributed by atoms with van der Waals surface area (Å²) in [4.78, 5) is 12.6. The number of fused-ring (bicyclic) bond motifs is 3. The van der Waals surface area contributed by atoms with Gasteiger partial charge in [0.2, 0.25) is 5.91 Å². The Bertz CT molecular complexity index is 597. The summed E-state index contributed by atoms with van der Waals surface area (Å²) < 4.78 is 19.9. The first kappa shape index (κ1) is 15.0. The number of hydrogen-bond acceptors (Lipinski definition) is 2. The van der Waals surface area contributed by atoms with Crippen LogP contribution in [0.4, 0.5) is 4.39 Å². The standard InChI is InChI=1S/C19H24FNO2/c1-11(20)17(12-7-3-2-4-8-12)21-19(22)16-15-13-9-5-6-10-14(13)23-18(15)16/h5-6,9-12,15-18H,2-4,7-8H2,1H3,(H,21,22). The van der Waals surface area contributed by atoms with Crippen molar-refractivity contribution in [3.05, 3.63) is 29.8 Å². The van der Waals surface area contributed by atoms with Gasteiger partial charge in [-0.3, -0.25) is 4.79 Å². The fourth-order valence-electron chi connectivity index (χ4n) is 4.48. The first-order chi connectivity index (χ1) is 11.2.